The van der Waals surface area contributed by atoms with Gasteiger partial charge in [-0.1, -0.05) is 34.8 Å². The van der Waals surface area contributed by atoms with E-state index in [-0.39, 0.29) is 31.8 Å². The van der Waals surface area contributed by atoms with Crippen LogP contribution in [0.15, 0.2) is 24.4 Å². The van der Waals surface area contributed by atoms with Gasteiger partial charge < -0.3 is 0 Å². The van der Waals surface area contributed by atoms with Gasteiger partial charge in [-0.3, -0.25) is 4.79 Å². The number of benzene rings is 1. The maximum absolute atomic E-state index is 13.7. The zero-order valence-electron chi connectivity index (χ0n) is 8.75. The molecule has 0 aliphatic carbocycles. The lowest BCUT2D eigenvalue weighted by atomic mass is 10.0. The van der Waals surface area contributed by atoms with Gasteiger partial charge in [-0.25, -0.2) is 4.98 Å². The van der Waals surface area contributed by atoms with Crippen LogP contribution < -0.4 is 0 Å². The molecule has 0 unspecified atom stereocenters. The summed E-state index contributed by atoms with van der Waals surface area (Å²) < 4.78 is 13.7. The summed E-state index contributed by atoms with van der Waals surface area (Å²) in [6.45, 7) is 0. The number of aromatic nitrogens is 1. The topological polar surface area (TPSA) is 30.0 Å². The number of halogens is 4. The molecular weight excluding hydrogens is 299 g/mol. The van der Waals surface area contributed by atoms with Crippen molar-refractivity contribution in [2.45, 2.75) is 0 Å². The first kappa shape index (κ1) is 13.3. The van der Waals surface area contributed by atoms with E-state index in [1.54, 1.807) is 0 Å². The van der Waals surface area contributed by atoms with Gasteiger partial charge in [0.1, 0.15) is 0 Å². The molecule has 0 N–H and O–H groups in total. The van der Waals surface area contributed by atoms with E-state index in [4.69, 9.17) is 34.8 Å². The van der Waals surface area contributed by atoms with E-state index in [9.17, 15) is 9.18 Å². The molecule has 0 saturated carbocycles. The average Bonchev–Trinajstić information content (AvgIpc) is 2.34. The van der Waals surface area contributed by atoms with Crippen LogP contribution in [-0.2, 0) is 0 Å². The highest BCUT2D eigenvalue weighted by atomic mass is 35.5. The lowest BCUT2D eigenvalue weighted by Gasteiger charge is -2.09. The smallest absolute Gasteiger partial charge is 0.221 e. The number of hydrogen-bond donors (Lipinski definition) is 0. The van der Waals surface area contributed by atoms with Gasteiger partial charge in [-0.2, -0.15) is 4.39 Å². The highest BCUT2D eigenvalue weighted by Crippen LogP contribution is 2.37. The molecule has 2 nitrogen and oxygen atoms in total. The largest absolute Gasteiger partial charge is 0.298 e. The standard InChI is InChI=1S/C12H5Cl3FNO/c13-8-4-10(15)9(14)3-7(8)11-6(5-18)1-2-17-12(11)16/h1-5H. The third-order valence-electron chi connectivity index (χ3n) is 2.34. The van der Waals surface area contributed by atoms with Crippen LogP contribution in [-0.4, -0.2) is 11.3 Å². The summed E-state index contributed by atoms with van der Waals surface area (Å²) in [5.74, 6) is -0.792. The van der Waals surface area contributed by atoms with Gasteiger partial charge in [0.05, 0.1) is 15.1 Å². The molecule has 1 aromatic carbocycles. The minimum atomic E-state index is -0.792. The molecular formula is C12H5Cl3FNO. The van der Waals surface area contributed by atoms with Crippen molar-refractivity contribution in [2.24, 2.45) is 0 Å². The Balaban J connectivity index is 2.77. The van der Waals surface area contributed by atoms with Crippen LogP contribution in [0.25, 0.3) is 11.1 Å². The summed E-state index contributed by atoms with van der Waals surface area (Å²) in [6, 6.07) is 4.19. The molecule has 2 aromatic rings. The van der Waals surface area contributed by atoms with E-state index in [2.05, 4.69) is 4.98 Å². The second-order valence-electron chi connectivity index (χ2n) is 3.43. The first-order chi connectivity index (χ1) is 8.54. The van der Waals surface area contributed by atoms with Crippen LogP contribution in [0, 0.1) is 5.95 Å². The van der Waals surface area contributed by atoms with Crippen molar-refractivity contribution < 1.29 is 9.18 Å². The summed E-state index contributed by atoms with van der Waals surface area (Å²) in [6.07, 6.45) is 1.73. The van der Waals surface area contributed by atoms with Gasteiger partial charge in [0.2, 0.25) is 5.95 Å². The van der Waals surface area contributed by atoms with Crippen molar-refractivity contribution in [1.82, 2.24) is 4.98 Å². The quantitative estimate of drug-likeness (QED) is 0.459. The molecule has 1 aromatic heterocycles. The fraction of sp³-hybridized carbons (Fsp3) is 0. The second-order valence-corrected chi connectivity index (χ2v) is 4.65. The second kappa shape index (κ2) is 5.22. The van der Waals surface area contributed by atoms with Crippen LogP contribution in [0.2, 0.25) is 15.1 Å². The van der Waals surface area contributed by atoms with Crippen LogP contribution in [0.3, 0.4) is 0 Å². The summed E-state index contributed by atoms with van der Waals surface area (Å²) in [7, 11) is 0. The van der Waals surface area contributed by atoms with E-state index >= 15 is 0 Å². The van der Waals surface area contributed by atoms with E-state index < -0.39 is 5.95 Å². The van der Waals surface area contributed by atoms with Crippen LogP contribution in [0.5, 0.6) is 0 Å². The zero-order chi connectivity index (χ0) is 13.3. The molecule has 0 saturated heterocycles. The molecule has 2 rings (SSSR count). The van der Waals surface area contributed by atoms with E-state index in [0.717, 1.165) is 0 Å². The highest BCUT2D eigenvalue weighted by molar-refractivity contribution is 6.44. The Kier molecular flexibility index (Phi) is 3.85. The number of carbonyl (C=O) groups excluding carboxylic acids is 1. The summed E-state index contributed by atoms with van der Waals surface area (Å²) >= 11 is 17.6. The van der Waals surface area contributed by atoms with E-state index in [1.165, 1.54) is 24.4 Å². The molecule has 0 aliphatic rings. The fourth-order valence-corrected chi connectivity index (χ4v) is 2.17. The fourth-order valence-electron chi connectivity index (χ4n) is 1.53. The molecule has 18 heavy (non-hydrogen) atoms. The highest BCUT2D eigenvalue weighted by Gasteiger charge is 2.16. The van der Waals surface area contributed by atoms with Gasteiger partial charge in [0.25, 0.3) is 0 Å². The minimum Gasteiger partial charge on any atom is -0.298 e. The first-order valence-corrected chi connectivity index (χ1v) is 5.92. The van der Waals surface area contributed by atoms with Crippen LogP contribution in [0.1, 0.15) is 10.4 Å². The Morgan fingerprint density at radius 3 is 2.44 bits per heavy atom. The van der Waals surface area contributed by atoms with Gasteiger partial charge in [-0.05, 0) is 18.2 Å². The molecule has 0 aliphatic heterocycles. The molecule has 0 radical (unpaired) electrons. The Bertz CT molecular complexity index is 631. The van der Waals surface area contributed by atoms with Gasteiger partial charge in [0.15, 0.2) is 6.29 Å². The Hall–Kier alpha value is -1.16. The average molecular weight is 305 g/mol. The number of pyridine rings is 1. The lowest BCUT2D eigenvalue weighted by molar-refractivity contribution is 0.112. The molecule has 0 amide bonds. The lowest BCUT2D eigenvalue weighted by Crippen LogP contribution is -1.96. The zero-order valence-corrected chi connectivity index (χ0v) is 11.0. The van der Waals surface area contributed by atoms with Crippen LogP contribution in [0.4, 0.5) is 4.39 Å². The third-order valence-corrected chi connectivity index (χ3v) is 3.38. The molecule has 1 heterocycles. The predicted molar refractivity (Wildman–Crippen MR) is 70.0 cm³/mol. The number of carbonyl (C=O) groups is 1. The monoisotopic (exact) mass is 303 g/mol. The summed E-state index contributed by atoms with van der Waals surface area (Å²) in [4.78, 5) is 14.4. The third kappa shape index (κ3) is 2.34. The van der Waals surface area contributed by atoms with Crippen molar-refractivity contribution in [3.8, 4) is 11.1 Å². The van der Waals surface area contributed by atoms with Crippen molar-refractivity contribution in [2.75, 3.05) is 0 Å². The van der Waals surface area contributed by atoms with Crippen molar-refractivity contribution >= 4 is 41.1 Å². The molecule has 0 fully saturated rings. The summed E-state index contributed by atoms with van der Waals surface area (Å²) in [5.41, 5.74) is 0.428. The molecule has 0 bridgehead atoms. The van der Waals surface area contributed by atoms with Crippen LogP contribution >= 0.6 is 34.8 Å². The number of nitrogens with zero attached hydrogens (tertiary/aromatic N) is 1. The van der Waals surface area contributed by atoms with Crippen molar-refractivity contribution in [1.29, 1.82) is 0 Å². The molecule has 0 spiro atoms. The molecule has 0 atom stereocenters. The van der Waals surface area contributed by atoms with E-state index in [1.807, 2.05) is 0 Å². The predicted octanol–water partition coefficient (Wildman–Crippen LogP) is 4.66. The van der Waals surface area contributed by atoms with E-state index in [0.29, 0.717) is 6.29 Å². The Morgan fingerprint density at radius 1 is 1.11 bits per heavy atom. The maximum atomic E-state index is 13.7. The van der Waals surface area contributed by atoms with Crippen molar-refractivity contribution in [3.05, 3.63) is 51.0 Å². The Morgan fingerprint density at radius 2 is 1.78 bits per heavy atom. The van der Waals surface area contributed by atoms with Gasteiger partial charge in [-0.15, -0.1) is 0 Å². The van der Waals surface area contributed by atoms with Gasteiger partial charge >= 0.3 is 0 Å². The minimum absolute atomic E-state index is 0.0102. The first-order valence-electron chi connectivity index (χ1n) is 4.79. The van der Waals surface area contributed by atoms with Crippen molar-refractivity contribution in [3.63, 3.8) is 0 Å². The normalized spacial score (nSPS) is 10.4. The summed E-state index contributed by atoms with van der Waals surface area (Å²) in [5, 5.41) is 0.665. The Labute approximate surface area is 117 Å². The number of hydrogen-bond acceptors (Lipinski definition) is 2. The molecule has 92 valence electrons. The van der Waals surface area contributed by atoms with Gasteiger partial charge in [0, 0.05) is 22.9 Å². The number of rotatable bonds is 2. The SMILES string of the molecule is O=Cc1ccnc(F)c1-c1cc(Cl)c(Cl)cc1Cl. The maximum Gasteiger partial charge on any atom is 0.221 e. The number of aldehydes is 1. The molecule has 6 heteroatoms.